The molecule has 1 aromatic rings. The van der Waals surface area contributed by atoms with Crippen LogP contribution in [0.5, 0.6) is 0 Å². The molecule has 0 aliphatic carbocycles. The third kappa shape index (κ3) is 1.43. The van der Waals surface area contributed by atoms with Crippen LogP contribution < -0.4 is 5.73 Å². The van der Waals surface area contributed by atoms with Crippen LogP contribution in [-0.4, -0.2) is 22.3 Å². The normalized spacial score (nSPS) is 23.2. The molecule has 0 saturated carbocycles. The standard InChI is InChI=1S/C8H13N3O/c9-8-10-3-4-11(8)6-7-2-1-5-12-7/h3-4,7H,1-2,5-6H2,(H2,9,10)/t7-/m0/s1. The molecule has 2 rings (SSSR count). The maximum absolute atomic E-state index is 5.61. The van der Waals surface area contributed by atoms with Crippen LogP contribution in [0.25, 0.3) is 0 Å². The fourth-order valence-electron chi connectivity index (χ4n) is 1.50. The Hall–Kier alpha value is -1.03. The number of aromatic nitrogens is 2. The Morgan fingerprint density at radius 1 is 1.75 bits per heavy atom. The summed E-state index contributed by atoms with van der Waals surface area (Å²) in [7, 11) is 0. The highest BCUT2D eigenvalue weighted by Gasteiger charge is 2.16. The van der Waals surface area contributed by atoms with Gasteiger partial charge in [-0.1, -0.05) is 0 Å². The van der Waals surface area contributed by atoms with Gasteiger partial charge < -0.3 is 15.0 Å². The van der Waals surface area contributed by atoms with Crippen LogP contribution in [0.1, 0.15) is 12.8 Å². The van der Waals surface area contributed by atoms with E-state index in [0.29, 0.717) is 12.1 Å². The number of nitrogen functional groups attached to an aromatic ring is 1. The molecule has 1 aliphatic rings. The summed E-state index contributed by atoms with van der Waals surface area (Å²) >= 11 is 0. The van der Waals surface area contributed by atoms with Gasteiger partial charge in [-0.2, -0.15) is 0 Å². The number of ether oxygens (including phenoxy) is 1. The van der Waals surface area contributed by atoms with Gasteiger partial charge in [-0.3, -0.25) is 0 Å². The highest BCUT2D eigenvalue weighted by atomic mass is 16.5. The van der Waals surface area contributed by atoms with Gasteiger partial charge in [-0.25, -0.2) is 4.98 Å². The molecule has 1 atom stereocenters. The Morgan fingerprint density at radius 2 is 2.67 bits per heavy atom. The van der Waals surface area contributed by atoms with Gasteiger partial charge in [0.1, 0.15) is 0 Å². The molecule has 4 heteroatoms. The van der Waals surface area contributed by atoms with Crippen LogP contribution in [0.3, 0.4) is 0 Å². The number of nitrogens with two attached hydrogens (primary N) is 1. The van der Waals surface area contributed by atoms with Gasteiger partial charge >= 0.3 is 0 Å². The van der Waals surface area contributed by atoms with Crippen molar-refractivity contribution in [2.45, 2.75) is 25.5 Å². The van der Waals surface area contributed by atoms with E-state index in [1.807, 2.05) is 10.8 Å². The SMILES string of the molecule is Nc1nccn1C[C@@H]1CCCO1. The van der Waals surface area contributed by atoms with E-state index in [9.17, 15) is 0 Å². The molecule has 4 nitrogen and oxygen atoms in total. The summed E-state index contributed by atoms with van der Waals surface area (Å²) in [5, 5.41) is 0. The van der Waals surface area contributed by atoms with Crippen molar-refractivity contribution in [3.05, 3.63) is 12.4 Å². The van der Waals surface area contributed by atoms with Gasteiger partial charge in [0.25, 0.3) is 0 Å². The van der Waals surface area contributed by atoms with E-state index in [4.69, 9.17) is 10.5 Å². The van der Waals surface area contributed by atoms with Crippen molar-refractivity contribution in [3.63, 3.8) is 0 Å². The number of anilines is 1. The molecular weight excluding hydrogens is 154 g/mol. The van der Waals surface area contributed by atoms with Gasteiger partial charge in [-0.05, 0) is 12.8 Å². The maximum atomic E-state index is 5.61. The molecule has 0 aromatic carbocycles. The lowest BCUT2D eigenvalue weighted by molar-refractivity contribution is 0.0975. The first-order valence-electron chi connectivity index (χ1n) is 4.24. The minimum absolute atomic E-state index is 0.335. The smallest absolute Gasteiger partial charge is 0.200 e. The Balaban J connectivity index is 1.98. The summed E-state index contributed by atoms with van der Waals surface area (Å²) in [4.78, 5) is 3.94. The van der Waals surface area contributed by atoms with Crippen LogP contribution in [-0.2, 0) is 11.3 Å². The first-order valence-corrected chi connectivity index (χ1v) is 4.24. The van der Waals surface area contributed by atoms with E-state index in [0.717, 1.165) is 19.6 Å². The number of rotatable bonds is 2. The average molecular weight is 167 g/mol. The molecule has 1 aromatic heterocycles. The predicted molar refractivity (Wildman–Crippen MR) is 45.6 cm³/mol. The van der Waals surface area contributed by atoms with Gasteiger partial charge in [0.2, 0.25) is 0 Å². The quantitative estimate of drug-likeness (QED) is 0.703. The number of imidazole rings is 1. The van der Waals surface area contributed by atoms with E-state index >= 15 is 0 Å². The van der Waals surface area contributed by atoms with Crippen molar-refractivity contribution in [3.8, 4) is 0 Å². The molecule has 2 heterocycles. The first kappa shape index (κ1) is 7.61. The molecule has 1 saturated heterocycles. The minimum atomic E-state index is 0.335. The van der Waals surface area contributed by atoms with E-state index in [1.165, 1.54) is 6.42 Å². The highest BCUT2D eigenvalue weighted by Crippen LogP contribution is 2.14. The average Bonchev–Trinajstić information content (AvgIpc) is 2.65. The second-order valence-electron chi connectivity index (χ2n) is 3.07. The third-order valence-corrected chi connectivity index (χ3v) is 2.17. The monoisotopic (exact) mass is 167 g/mol. The zero-order valence-corrected chi connectivity index (χ0v) is 6.94. The molecular formula is C8H13N3O. The summed E-state index contributed by atoms with van der Waals surface area (Å²) in [6.07, 6.45) is 6.24. The van der Waals surface area contributed by atoms with E-state index in [-0.39, 0.29) is 0 Å². The minimum Gasteiger partial charge on any atom is -0.376 e. The largest absolute Gasteiger partial charge is 0.376 e. The summed E-state index contributed by atoms with van der Waals surface area (Å²) in [6, 6.07) is 0. The van der Waals surface area contributed by atoms with E-state index in [2.05, 4.69) is 4.98 Å². The maximum Gasteiger partial charge on any atom is 0.200 e. The molecule has 66 valence electrons. The lowest BCUT2D eigenvalue weighted by Crippen LogP contribution is -2.15. The van der Waals surface area contributed by atoms with Crippen molar-refractivity contribution in [1.82, 2.24) is 9.55 Å². The summed E-state index contributed by atoms with van der Waals surface area (Å²) < 4.78 is 7.40. The lowest BCUT2D eigenvalue weighted by Gasteiger charge is -2.10. The lowest BCUT2D eigenvalue weighted by atomic mass is 10.2. The molecule has 1 aliphatic heterocycles. The number of hydrogen-bond acceptors (Lipinski definition) is 3. The van der Waals surface area contributed by atoms with Crippen LogP contribution in [0.15, 0.2) is 12.4 Å². The zero-order valence-electron chi connectivity index (χ0n) is 6.94. The highest BCUT2D eigenvalue weighted by molar-refractivity contribution is 5.16. The summed E-state index contributed by atoms with van der Waals surface area (Å²) in [6.45, 7) is 1.73. The van der Waals surface area contributed by atoms with Crippen LogP contribution in [0.4, 0.5) is 5.95 Å². The predicted octanol–water partition coefficient (Wildman–Crippen LogP) is 0.644. The van der Waals surface area contributed by atoms with Crippen molar-refractivity contribution in [2.24, 2.45) is 0 Å². The molecule has 1 fully saturated rings. The second-order valence-corrected chi connectivity index (χ2v) is 3.07. The van der Waals surface area contributed by atoms with Crippen molar-refractivity contribution in [2.75, 3.05) is 12.3 Å². The molecule has 0 radical (unpaired) electrons. The molecule has 0 amide bonds. The second kappa shape index (κ2) is 3.15. The van der Waals surface area contributed by atoms with Crippen molar-refractivity contribution < 1.29 is 4.74 Å². The molecule has 0 bridgehead atoms. The third-order valence-electron chi connectivity index (χ3n) is 2.17. The van der Waals surface area contributed by atoms with Gasteiger partial charge in [0.05, 0.1) is 12.6 Å². The molecule has 2 N–H and O–H groups in total. The number of hydrogen-bond donors (Lipinski definition) is 1. The fourth-order valence-corrected chi connectivity index (χ4v) is 1.50. The Labute approximate surface area is 71.3 Å². The van der Waals surface area contributed by atoms with Gasteiger partial charge in [0.15, 0.2) is 5.95 Å². The fraction of sp³-hybridized carbons (Fsp3) is 0.625. The Bertz CT molecular complexity index is 253. The van der Waals surface area contributed by atoms with Crippen LogP contribution in [0.2, 0.25) is 0 Å². The van der Waals surface area contributed by atoms with Gasteiger partial charge in [0, 0.05) is 19.0 Å². The van der Waals surface area contributed by atoms with Crippen molar-refractivity contribution >= 4 is 5.95 Å². The van der Waals surface area contributed by atoms with Crippen LogP contribution in [0, 0.1) is 0 Å². The topological polar surface area (TPSA) is 53.1 Å². The molecule has 12 heavy (non-hydrogen) atoms. The van der Waals surface area contributed by atoms with Crippen molar-refractivity contribution in [1.29, 1.82) is 0 Å². The molecule has 0 unspecified atom stereocenters. The summed E-state index contributed by atoms with van der Waals surface area (Å²) in [5.74, 6) is 0.575. The van der Waals surface area contributed by atoms with E-state index < -0.39 is 0 Å². The van der Waals surface area contributed by atoms with E-state index in [1.54, 1.807) is 6.20 Å². The number of nitrogens with zero attached hydrogens (tertiary/aromatic N) is 2. The van der Waals surface area contributed by atoms with Gasteiger partial charge in [-0.15, -0.1) is 0 Å². The zero-order chi connectivity index (χ0) is 8.39. The van der Waals surface area contributed by atoms with Crippen LogP contribution >= 0.6 is 0 Å². The molecule has 0 spiro atoms. The first-order chi connectivity index (χ1) is 5.86. The summed E-state index contributed by atoms with van der Waals surface area (Å²) in [5.41, 5.74) is 5.61. The Kier molecular flexibility index (Phi) is 1.99. The Morgan fingerprint density at radius 3 is 3.25 bits per heavy atom.